The van der Waals surface area contributed by atoms with Gasteiger partial charge in [0.15, 0.2) is 5.43 Å². The van der Waals surface area contributed by atoms with E-state index < -0.39 is 29.2 Å². The number of aliphatic hydroxyl groups is 1. The molecule has 3 nitrogen and oxygen atoms in total. The highest BCUT2D eigenvalue weighted by Gasteiger charge is 2.18. The molecule has 0 unspecified atom stereocenters. The van der Waals surface area contributed by atoms with Crippen molar-refractivity contribution in [1.29, 1.82) is 0 Å². The van der Waals surface area contributed by atoms with Crippen LogP contribution in [0.1, 0.15) is 17.6 Å². The van der Waals surface area contributed by atoms with Crippen LogP contribution in [0.3, 0.4) is 0 Å². The van der Waals surface area contributed by atoms with E-state index >= 15 is 0 Å². The lowest BCUT2D eigenvalue weighted by Crippen LogP contribution is -2.16. The van der Waals surface area contributed by atoms with Gasteiger partial charge < -0.3 is 10.1 Å². The fourth-order valence-corrected chi connectivity index (χ4v) is 1.10. The molecular weight excluding hydrogens is 204 g/mol. The molecule has 2 N–H and O–H groups in total. The number of aliphatic hydroxyl groups excluding tert-OH is 1. The minimum Gasteiger partial charge on any atom is -0.391 e. The van der Waals surface area contributed by atoms with Crippen LogP contribution in [0.4, 0.5) is 8.78 Å². The van der Waals surface area contributed by atoms with Gasteiger partial charge in [-0.25, -0.2) is 8.78 Å². The number of hydrogen-bond acceptors (Lipinski definition) is 2. The van der Waals surface area contributed by atoms with Crippen LogP contribution in [0.25, 0.3) is 0 Å². The lowest BCUT2D eigenvalue weighted by atomic mass is 10.2. The molecule has 0 saturated heterocycles. The van der Waals surface area contributed by atoms with E-state index in [1.165, 1.54) is 0 Å². The van der Waals surface area contributed by atoms with Crippen molar-refractivity contribution in [3.63, 3.8) is 0 Å². The van der Waals surface area contributed by atoms with Crippen LogP contribution in [-0.4, -0.2) is 10.1 Å². The summed E-state index contributed by atoms with van der Waals surface area (Å²) in [6.07, 6.45) is -1.83. The second-order valence-electron chi connectivity index (χ2n) is 2.33. The Morgan fingerprint density at radius 3 is 2.69 bits per heavy atom. The largest absolute Gasteiger partial charge is 0.391 e. The summed E-state index contributed by atoms with van der Waals surface area (Å²) in [6, 6.07) is 0. The first-order valence-corrected chi connectivity index (χ1v) is 3.74. The van der Waals surface area contributed by atoms with Crippen molar-refractivity contribution in [3.8, 4) is 0 Å². The molecular formula is C7H6ClF2NO2. The second-order valence-corrected chi connectivity index (χ2v) is 2.71. The quantitative estimate of drug-likeness (QED) is 0.725. The number of rotatable bonds is 2. The van der Waals surface area contributed by atoms with Crippen molar-refractivity contribution < 1.29 is 13.9 Å². The predicted octanol–water partition coefficient (Wildman–Crippen LogP) is 1.46. The van der Waals surface area contributed by atoms with Crippen molar-refractivity contribution in [2.75, 3.05) is 0 Å². The molecule has 0 spiro atoms. The second kappa shape index (κ2) is 3.85. The normalized spacial score (nSPS) is 10.8. The molecule has 72 valence electrons. The maximum atomic E-state index is 12.2. The van der Waals surface area contributed by atoms with Crippen molar-refractivity contribution >= 4 is 11.6 Å². The molecule has 1 aromatic heterocycles. The van der Waals surface area contributed by atoms with Crippen LogP contribution >= 0.6 is 11.6 Å². The fraction of sp³-hybridized carbons (Fsp3) is 0.286. The molecule has 0 aliphatic carbocycles. The van der Waals surface area contributed by atoms with E-state index in [-0.39, 0.29) is 5.56 Å². The summed E-state index contributed by atoms with van der Waals surface area (Å²) < 4.78 is 24.4. The van der Waals surface area contributed by atoms with Crippen LogP contribution in [0.2, 0.25) is 5.15 Å². The molecule has 1 aromatic rings. The highest BCUT2D eigenvalue weighted by Crippen LogP contribution is 2.21. The van der Waals surface area contributed by atoms with Crippen LogP contribution in [0.5, 0.6) is 0 Å². The molecule has 0 aliphatic rings. The lowest BCUT2D eigenvalue weighted by Gasteiger charge is -2.03. The van der Waals surface area contributed by atoms with Gasteiger partial charge in [-0.05, 0) is 0 Å². The van der Waals surface area contributed by atoms with Crippen molar-refractivity contribution in [3.05, 3.63) is 32.7 Å². The van der Waals surface area contributed by atoms with E-state index in [4.69, 9.17) is 16.7 Å². The Labute approximate surface area is 77.0 Å². The number of aromatic nitrogens is 1. The number of hydrogen-bond donors (Lipinski definition) is 2. The molecule has 0 atom stereocenters. The van der Waals surface area contributed by atoms with Gasteiger partial charge in [0.1, 0.15) is 10.7 Å². The van der Waals surface area contributed by atoms with Gasteiger partial charge in [0.25, 0.3) is 6.43 Å². The zero-order valence-electron chi connectivity index (χ0n) is 6.35. The molecule has 0 saturated carbocycles. The average molecular weight is 210 g/mol. The van der Waals surface area contributed by atoms with E-state index in [1.807, 2.05) is 0 Å². The first kappa shape index (κ1) is 10.1. The van der Waals surface area contributed by atoms with Crippen LogP contribution in [0.15, 0.2) is 11.0 Å². The van der Waals surface area contributed by atoms with E-state index in [0.717, 1.165) is 6.20 Å². The molecule has 6 heteroatoms. The zero-order chi connectivity index (χ0) is 10.0. The van der Waals surface area contributed by atoms with Gasteiger partial charge in [-0.3, -0.25) is 4.79 Å². The number of pyridine rings is 1. The molecule has 0 fully saturated rings. The molecule has 1 rings (SSSR count). The molecule has 0 radical (unpaired) electrons. The number of nitrogens with one attached hydrogen (secondary N) is 1. The SMILES string of the molecule is O=c1c(CO)c[nH]c(Cl)c1C(F)F. The van der Waals surface area contributed by atoms with Gasteiger partial charge in [0.05, 0.1) is 6.61 Å². The maximum Gasteiger partial charge on any atom is 0.270 e. The summed E-state index contributed by atoms with van der Waals surface area (Å²) in [5, 5.41) is 8.22. The topological polar surface area (TPSA) is 53.1 Å². The van der Waals surface area contributed by atoms with Gasteiger partial charge in [-0.2, -0.15) is 0 Å². The van der Waals surface area contributed by atoms with Crippen LogP contribution < -0.4 is 5.43 Å². The Morgan fingerprint density at radius 1 is 1.62 bits per heavy atom. The molecule has 0 aliphatic heterocycles. The first-order valence-electron chi connectivity index (χ1n) is 3.37. The molecule has 1 heterocycles. The van der Waals surface area contributed by atoms with E-state index in [0.29, 0.717) is 0 Å². The van der Waals surface area contributed by atoms with Crippen molar-refractivity contribution in [2.45, 2.75) is 13.0 Å². The van der Waals surface area contributed by atoms with Gasteiger partial charge in [-0.1, -0.05) is 11.6 Å². The smallest absolute Gasteiger partial charge is 0.270 e. The number of aromatic amines is 1. The summed E-state index contributed by atoms with van der Waals surface area (Å²) >= 11 is 5.34. The molecule has 13 heavy (non-hydrogen) atoms. The zero-order valence-corrected chi connectivity index (χ0v) is 7.11. The van der Waals surface area contributed by atoms with E-state index in [9.17, 15) is 13.6 Å². The minimum absolute atomic E-state index is 0.125. The van der Waals surface area contributed by atoms with E-state index in [1.54, 1.807) is 0 Å². The Bertz CT molecular complexity index is 364. The van der Waals surface area contributed by atoms with Gasteiger partial charge in [0, 0.05) is 11.8 Å². The average Bonchev–Trinajstić information content (AvgIpc) is 2.04. The van der Waals surface area contributed by atoms with Gasteiger partial charge >= 0.3 is 0 Å². The Kier molecular flexibility index (Phi) is 3.00. The van der Waals surface area contributed by atoms with Crippen molar-refractivity contribution in [1.82, 2.24) is 4.98 Å². The summed E-state index contributed by atoms with van der Waals surface area (Å²) in [4.78, 5) is 13.4. The van der Waals surface area contributed by atoms with Crippen molar-refractivity contribution in [2.24, 2.45) is 0 Å². The van der Waals surface area contributed by atoms with Gasteiger partial charge in [-0.15, -0.1) is 0 Å². The summed E-state index contributed by atoms with van der Waals surface area (Å²) in [6.45, 7) is -0.591. The van der Waals surface area contributed by atoms with Crippen LogP contribution in [-0.2, 0) is 6.61 Å². The van der Waals surface area contributed by atoms with E-state index in [2.05, 4.69) is 4.98 Å². The molecule has 0 aromatic carbocycles. The highest BCUT2D eigenvalue weighted by atomic mass is 35.5. The van der Waals surface area contributed by atoms with Gasteiger partial charge in [0.2, 0.25) is 0 Å². The molecule has 0 amide bonds. The number of alkyl halides is 2. The third-order valence-corrected chi connectivity index (χ3v) is 1.85. The Hall–Kier alpha value is -0.940. The highest BCUT2D eigenvalue weighted by molar-refractivity contribution is 6.30. The Morgan fingerprint density at radius 2 is 2.23 bits per heavy atom. The monoisotopic (exact) mass is 209 g/mol. The van der Waals surface area contributed by atoms with Crippen LogP contribution in [0, 0.1) is 0 Å². The molecule has 0 bridgehead atoms. The summed E-state index contributed by atoms with van der Waals surface area (Å²) in [5.74, 6) is 0. The lowest BCUT2D eigenvalue weighted by molar-refractivity contribution is 0.149. The number of H-pyrrole nitrogens is 1. The third-order valence-electron chi connectivity index (χ3n) is 1.53. The first-order chi connectivity index (χ1) is 6.07. The third kappa shape index (κ3) is 1.87. The predicted molar refractivity (Wildman–Crippen MR) is 43.0 cm³/mol. The standard InChI is InChI=1S/C7H6ClF2NO2/c8-6-4(7(9)10)5(13)3(2-12)1-11-6/h1,7,12H,2H2,(H,11,13). The summed E-state index contributed by atoms with van der Waals surface area (Å²) in [5.41, 5.74) is -1.84. The number of halogens is 3. The minimum atomic E-state index is -2.94. The Balaban J connectivity index is 3.39. The fourth-order valence-electron chi connectivity index (χ4n) is 0.879. The summed E-state index contributed by atoms with van der Waals surface area (Å²) in [7, 11) is 0. The maximum absolute atomic E-state index is 12.2.